The molecule has 0 radical (unpaired) electrons. The van der Waals surface area contributed by atoms with Gasteiger partial charge >= 0.3 is 12.1 Å². The third kappa shape index (κ3) is 9.38. The van der Waals surface area contributed by atoms with Crippen LogP contribution in [0.1, 0.15) is 97.7 Å². The first kappa shape index (κ1) is 37.8. The van der Waals surface area contributed by atoms with Crippen molar-refractivity contribution < 1.29 is 31.9 Å². The first-order valence-electron chi connectivity index (χ1n) is 16.4. The van der Waals surface area contributed by atoms with Crippen LogP contribution in [0, 0.1) is 12.7 Å². The first-order valence-corrected chi connectivity index (χ1v) is 17.2. The Morgan fingerprint density at radius 3 is 2.51 bits per heavy atom. The van der Waals surface area contributed by atoms with Gasteiger partial charge in [-0.15, -0.1) is 13.2 Å². The third-order valence-corrected chi connectivity index (χ3v) is 9.26. The summed E-state index contributed by atoms with van der Waals surface area (Å²) in [6.45, 7) is 11.1. The van der Waals surface area contributed by atoms with Crippen molar-refractivity contribution in [2.75, 3.05) is 6.61 Å². The number of esters is 1. The van der Waals surface area contributed by atoms with Crippen molar-refractivity contribution >= 4 is 27.8 Å². The maximum atomic E-state index is 16.5. The number of rotatable bonds is 16. The lowest BCUT2D eigenvalue weighted by atomic mass is 9.87. The van der Waals surface area contributed by atoms with Crippen molar-refractivity contribution in [3.8, 4) is 11.1 Å². The number of nitrogens with one attached hydrogen (secondary N) is 1. The Bertz CT molecular complexity index is 1760. The smallest absolute Gasteiger partial charge is 0.417 e. The van der Waals surface area contributed by atoms with Crippen LogP contribution < -0.4 is 10.9 Å². The summed E-state index contributed by atoms with van der Waals surface area (Å²) in [7, 11) is 0. The first-order chi connectivity index (χ1) is 23.3. The second kappa shape index (κ2) is 16.6. The Balaban J connectivity index is 1.82. The summed E-state index contributed by atoms with van der Waals surface area (Å²) < 4.78 is 62.6. The topological polar surface area (TPSA) is 77.4 Å². The molecule has 1 aliphatic carbocycles. The highest BCUT2D eigenvalue weighted by Crippen LogP contribution is 2.45. The average Bonchev–Trinajstić information content (AvgIpc) is 3.88. The number of hydrogen-bond acceptors (Lipinski definition) is 4. The fourth-order valence-corrected chi connectivity index (χ4v) is 6.65. The molecule has 0 bridgehead atoms. The van der Waals surface area contributed by atoms with Gasteiger partial charge in [0, 0.05) is 22.3 Å². The number of unbranched alkanes of at least 4 members (excludes halogenated alkanes) is 2. The van der Waals surface area contributed by atoms with E-state index >= 15 is 4.39 Å². The Labute approximate surface area is 292 Å². The van der Waals surface area contributed by atoms with E-state index in [2.05, 4.69) is 34.4 Å². The Kier molecular flexibility index (Phi) is 12.8. The van der Waals surface area contributed by atoms with Crippen molar-refractivity contribution in [1.29, 1.82) is 0 Å². The van der Waals surface area contributed by atoms with Gasteiger partial charge in [-0.1, -0.05) is 30.4 Å². The van der Waals surface area contributed by atoms with Crippen molar-refractivity contribution in [3.05, 3.63) is 116 Å². The zero-order chi connectivity index (χ0) is 35.9. The zero-order valence-corrected chi connectivity index (χ0v) is 29.3. The summed E-state index contributed by atoms with van der Waals surface area (Å²) in [5, 5.41) is 2.75. The molecule has 0 aliphatic heterocycles. The van der Waals surface area contributed by atoms with E-state index in [-0.39, 0.29) is 24.5 Å². The lowest BCUT2D eigenvalue weighted by Crippen LogP contribution is -2.40. The maximum Gasteiger partial charge on any atom is 0.417 e. The van der Waals surface area contributed by atoms with Gasteiger partial charge in [-0.2, -0.15) is 13.2 Å². The van der Waals surface area contributed by atoms with Gasteiger partial charge < -0.3 is 14.6 Å². The van der Waals surface area contributed by atoms with Crippen LogP contribution in [0.4, 0.5) is 17.6 Å². The highest BCUT2D eigenvalue weighted by Gasteiger charge is 2.36. The van der Waals surface area contributed by atoms with Gasteiger partial charge in [0.2, 0.25) is 5.91 Å². The highest BCUT2D eigenvalue weighted by atomic mass is 79.9. The predicted octanol–water partition coefficient (Wildman–Crippen LogP) is 9.45. The monoisotopic (exact) mass is 744 g/mol. The van der Waals surface area contributed by atoms with Crippen molar-refractivity contribution in [1.82, 2.24) is 9.88 Å². The predicted molar refractivity (Wildman–Crippen MR) is 186 cm³/mol. The van der Waals surface area contributed by atoms with E-state index < -0.39 is 58.0 Å². The van der Waals surface area contributed by atoms with Crippen LogP contribution in [-0.4, -0.2) is 23.1 Å². The fourth-order valence-electron chi connectivity index (χ4n) is 6.09. The summed E-state index contributed by atoms with van der Waals surface area (Å²) >= 11 is 2.87. The van der Waals surface area contributed by atoms with Crippen molar-refractivity contribution in [2.45, 2.75) is 89.4 Å². The standard InChI is InChI=1S/C38H41BrF4N2O4/c1-5-8-9-10-14-25-15-11-13-23(4)35(25)26-18-27(24-16-17-24)36(40)28(19-26)31(21-34(47)49-7-3)44-37(48)32(12-6-2)45-22-30(39)29(20-33(45)46)38(41,42)43/h5-6,11,13,15,18-20,22,24,31-32H,1-2,7-10,12,14,16-17,21H2,3-4H3,(H,44,48)/t31-,32-/m0/s1. The van der Waals surface area contributed by atoms with E-state index in [1.54, 1.807) is 13.0 Å². The lowest BCUT2D eigenvalue weighted by Gasteiger charge is -2.26. The van der Waals surface area contributed by atoms with E-state index in [4.69, 9.17) is 4.74 Å². The molecule has 0 unspecified atom stereocenters. The van der Waals surface area contributed by atoms with Crippen LogP contribution >= 0.6 is 15.9 Å². The van der Waals surface area contributed by atoms with Crippen molar-refractivity contribution in [2.24, 2.45) is 0 Å². The number of benzene rings is 2. The molecule has 262 valence electrons. The summed E-state index contributed by atoms with van der Waals surface area (Å²) in [6, 6.07) is 7.38. The van der Waals surface area contributed by atoms with E-state index in [9.17, 15) is 27.6 Å². The summed E-state index contributed by atoms with van der Waals surface area (Å²) in [6.07, 6.45) is 3.96. The number of carbonyl (C=O) groups excluding carboxylic acids is 2. The number of ether oxygens (including phenoxy) is 1. The molecule has 4 rings (SSSR count). The SMILES string of the molecule is C=CCCCCc1cccc(C)c1-c1cc(C2CC2)c(F)c([C@H](CC(=O)OCC)NC(=O)[C@H](CC=C)n2cc(Br)c(C(F)(F)F)cc2=O)c1. The molecule has 49 heavy (non-hydrogen) atoms. The molecular formula is C38H41BrF4N2O4. The summed E-state index contributed by atoms with van der Waals surface area (Å²) in [4.78, 5) is 39.8. The third-order valence-electron chi connectivity index (χ3n) is 8.63. The van der Waals surface area contributed by atoms with Crippen LogP contribution in [-0.2, 0) is 26.9 Å². The normalized spacial score (nSPS) is 14.2. The van der Waals surface area contributed by atoms with Crippen LogP contribution in [0.15, 0.2) is 77.2 Å². The zero-order valence-electron chi connectivity index (χ0n) is 27.7. The number of pyridine rings is 1. The maximum absolute atomic E-state index is 16.5. The number of aryl methyl sites for hydroxylation is 2. The molecule has 1 aromatic heterocycles. The number of aromatic nitrogens is 1. The van der Waals surface area contributed by atoms with Gasteiger partial charge in [-0.3, -0.25) is 14.4 Å². The number of halogens is 5. The molecule has 1 heterocycles. The minimum Gasteiger partial charge on any atom is -0.466 e. The number of amides is 1. The number of carbonyl (C=O) groups is 2. The molecule has 6 nitrogen and oxygen atoms in total. The molecule has 2 aromatic carbocycles. The van der Waals surface area contributed by atoms with E-state index in [0.717, 1.165) is 71.5 Å². The molecule has 0 saturated heterocycles. The van der Waals surface area contributed by atoms with Gasteiger partial charge in [0.05, 0.1) is 24.6 Å². The number of alkyl halides is 3. The molecule has 1 amide bonds. The molecule has 1 N–H and O–H groups in total. The number of allylic oxidation sites excluding steroid dienone is 2. The minimum atomic E-state index is -4.80. The summed E-state index contributed by atoms with van der Waals surface area (Å²) in [5.74, 6) is -2.05. The molecular weight excluding hydrogens is 704 g/mol. The molecule has 1 saturated carbocycles. The van der Waals surface area contributed by atoms with Gasteiger partial charge in [0.15, 0.2) is 0 Å². The second-order valence-corrected chi connectivity index (χ2v) is 13.1. The van der Waals surface area contributed by atoms with E-state index in [1.807, 2.05) is 37.3 Å². The summed E-state index contributed by atoms with van der Waals surface area (Å²) in [5.41, 5.74) is 2.11. The van der Waals surface area contributed by atoms with Crippen LogP contribution in [0.3, 0.4) is 0 Å². The molecule has 11 heteroatoms. The van der Waals surface area contributed by atoms with Gasteiger partial charge in [0.1, 0.15) is 11.9 Å². The van der Waals surface area contributed by atoms with E-state index in [0.29, 0.717) is 11.6 Å². The average molecular weight is 746 g/mol. The van der Waals surface area contributed by atoms with Gasteiger partial charge in [0.25, 0.3) is 5.56 Å². The highest BCUT2D eigenvalue weighted by molar-refractivity contribution is 9.10. The van der Waals surface area contributed by atoms with Crippen LogP contribution in [0.2, 0.25) is 0 Å². The van der Waals surface area contributed by atoms with Gasteiger partial charge in [-0.05, 0) is 121 Å². The number of hydrogen-bond donors (Lipinski definition) is 1. The molecule has 3 aromatic rings. The molecule has 1 aliphatic rings. The van der Waals surface area contributed by atoms with Crippen LogP contribution in [0.25, 0.3) is 11.1 Å². The molecule has 1 fully saturated rings. The minimum absolute atomic E-state index is 0.0192. The quantitative estimate of drug-likeness (QED) is 0.0686. The van der Waals surface area contributed by atoms with E-state index in [1.165, 1.54) is 6.08 Å². The lowest BCUT2D eigenvalue weighted by molar-refractivity contribution is -0.144. The molecule has 2 atom stereocenters. The Morgan fingerprint density at radius 2 is 1.88 bits per heavy atom. The number of nitrogens with zero attached hydrogens (tertiary/aromatic N) is 1. The van der Waals surface area contributed by atoms with Crippen LogP contribution in [0.5, 0.6) is 0 Å². The van der Waals surface area contributed by atoms with Gasteiger partial charge in [-0.25, -0.2) is 4.39 Å². The Morgan fingerprint density at radius 1 is 1.14 bits per heavy atom. The fraction of sp³-hybridized carbons (Fsp3) is 0.395. The second-order valence-electron chi connectivity index (χ2n) is 12.3. The Hall–Kier alpha value is -3.99. The largest absolute Gasteiger partial charge is 0.466 e. The van der Waals surface area contributed by atoms with Crippen molar-refractivity contribution in [3.63, 3.8) is 0 Å². The molecule has 0 spiro atoms.